The highest BCUT2D eigenvalue weighted by atomic mass is 15.1. The standard InChI is InChI=1S/C53H37N/c1-5-16-38(17-6-1)40-28-32-44(33-29-40)54(45-34-30-41(31-35-45)39-18-7-2-8-19-39)51-27-15-25-48-47(51)36-37-49-46-24-13-14-26-50(46)53(52(48)49,42-20-9-3-10-21-42)43-22-11-4-12-23-43/h1-37H. The zero-order chi connectivity index (χ0) is 35.9. The Morgan fingerprint density at radius 1 is 0.296 bits per heavy atom. The van der Waals surface area contributed by atoms with Crippen LogP contribution in [0.3, 0.4) is 0 Å². The molecule has 0 heterocycles. The van der Waals surface area contributed by atoms with Gasteiger partial charge in [0.15, 0.2) is 0 Å². The summed E-state index contributed by atoms with van der Waals surface area (Å²) in [7, 11) is 0. The second-order valence-electron chi connectivity index (χ2n) is 14.0. The lowest BCUT2D eigenvalue weighted by Gasteiger charge is -2.35. The molecule has 254 valence electrons. The van der Waals surface area contributed by atoms with E-state index in [2.05, 4.69) is 229 Å². The van der Waals surface area contributed by atoms with Gasteiger partial charge in [-0.15, -0.1) is 0 Å². The lowest BCUT2D eigenvalue weighted by molar-refractivity contribution is 0.775. The molecule has 0 aromatic heterocycles. The maximum absolute atomic E-state index is 2.42. The highest BCUT2D eigenvalue weighted by molar-refractivity contribution is 6.07. The number of hydrogen-bond acceptors (Lipinski definition) is 1. The largest absolute Gasteiger partial charge is 0.310 e. The molecule has 10 rings (SSSR count). The van der Waals surface area contributed by atoms with Gasteiger partial charge in [0.25, 0.3) is 0 Å². The van der Waals surface area contributed by atoms with Crippen molar-refractivity contribution in [1.29, 1.82) is 0 Å². The molecule has 0 radical (unpaired) electrons. The molecule has 0 unspecified atom stereocenters. The Kier molecular flexibility index (Phi) is 7.78. The van der Waals surface area contributed by atoms with E-state index >= 15 is 0 Å². The average molecular weight is 688 g/mol. The molecule has 0 saturated heterocycles. The Morgan fingerprint density at radius 3 is 1.30 bits per heavy atom. The molecule has 0 amide bonds. The molecular weight excluding hydrogens is 651 g/mol. The molecule has 0 aliphatic heterocycles. The third-order valence-corrected chi connectivity index (χ3v) is 11.2. The zero-order valence-corrected chi connectivity index (χ0v) is 29.8. The Balaban J connectivity index is 1.22. The van der Waals surface area contributed by atoms with Crippen molar-refractivity contribution >= 4 is 27.8 Å². The number of nitrogens with zero attached hydrogens (tertiary/aromatic N) is 1. The first-order valence-electron chi connectivity index (χ1n) is 18.7. The number of anilines is 3. The fourth-order valence-corrected chi connectivity index (χ4v) is 8.78. The summed E-state index contributed by atoms with van der Waals surface area (Å²) in [5, 5.41) is 2.46. The van der Waals surface area contributed by atoms with E-state index in [0.717, 1.165) is 17.1 Å². The number of fused-ring (bicyclic) bond motifs is 5. The molecule has 0 bridgehead atoms. The Hall–Kier alpha value is -6.96. The first-order chi connectivity index (χ1) is 26.8. The Labute approximate surface area is 317 Å². The summed E-state index contributed by atoms with van der Waals surface area (Å²) in [5.41, 5.74) is 15.4. The van der Waals surface area contributed by atoms with Crippen LogP contribution in [0.2, 0.25) is 0 Å². The monoisotopic (exact) mass is 687 g/mol. The van der Waals surface area contributed by atoms with E-state index in [4.69, 9.17) is 0 Å². The van der Waals surface area contributed by atoms with Crippen LogP contribution in [0.25, 0.3) is 44.2 Å². The molecule has 1 nitrogen and oxygen atoms in total. The molecule has 0 atom stereocenters. The number of benzene rings is 9. The van der Waals surface area contributed by atoms with Crippen LogP contribution in [0.5, 0.6) is 0 Å². The average Bonchev–Trinajstić information content (AvgIpc) is 3.57. The smallest absolute Gasteiger partial charge is 0.0719 e. The SMILES string of the molecule is c1ccc(-c2ccc(N(c3ccc(-c4ccccc4)cc3)c3cccc4c5c(ccc34)-c3ccccc3C5(c3ccccc3)c3ccccc3)cc2)cc1. The molecule has 0 saturated carbocycles. The summed E-state index contributed by atoms with van der Waals surface area (Å²) in [6.07, 6.45) is 0. The molecule has 9 aromatic rings. The third-order valence-electron chi connectivity index (χ3n) is 11.2. The normalized spacial score (nSPS) is 12.6. The van der Waals surface area contributed by atoms with E-state index in [-0.39, 0.29) is 0 Å². The van der Waals surface area contributed by atoms with E-state index in [9.17, 15) is 0 Å². The van der Waals surface area contributed by atoms with Crippen molar-refractivity contribution in [3.05, 3.63) is 247 Å². The van der Waals surface area contributed by atoms with Gasteiger partial charge >= 0.3 is 0 Å². The molecule has 9 aromatic carbocycles. The summed E-state index contributed by atoms with van der Waals surface area (Å²) in [5.74, 6) is 0. The fraction of sp³-hybridized carbons (Fsp3) is 0.0189. The molecule has 54 heavy (non-hydrogen) atoms. The molecule has 0 N–H and O–H groups in total. The molecule has 0 spiro atoms. The predicted molar refractivity (Wildman–Crippen MR) is 227 cm³/mol. The molecule has 1 aliphatic rings. The summed E-state index contributed by atoms with van der Waals surface area (Å²) in [6, 6.07) is 81.9. The Morgan fingerprint density at radius 2 is 0.759 bits per heavy atom. The number of rotatable bonds is 7. The summed E-state index contributed by atoms with van der Waals surface area (Å²) >= 11 is 0. The zero-order valence-electron chi connectivity index (χ0n) is 29.8. The van der Waals surface area contributed by atoms with Crippen LogP contribution < -0.4 is 4.90 Å². The first-order valence-corrected chi connectivity index (χ1v) is 18.7. The highest BCUT2D eigenvalue weighted by Gasteiger charge is 2.47. The van der Waals surface area contributed by atoms with Crippen LogP contribution in [0.15, 0.2) is 224 Å². The topological polar surface area (TPSA) is 3.24 Å². The van der Waals surface area contributed by atoms with Crippen molar-refractivity contribution in [2.45, 2.75) is 5.41 Å². The molecule has 1 aliphatic carbocycles. The van der Waals surface area contributed by atoms with Gasteiger partial charge in [0.05, 0.1) is 11.1 Å². The second kappa shape index (κ2) is 13.2. The maximum Gasteiger partial charge on any atom is 0.0719 e. The van der Waals surface area contributed by atoms with Gasteiger partial charge in [-0.25, -0.2) is 0 Å². The van der Waals surface area contributed by atoms with Crippen molar-refractivity contribution in [2.75, 3.05) is 4.90 Å². The van der Waals surface area contributed by atoms with Crippen LogP contribution in [-0.2, 0) is 5.41 Å². The van der Waals surface area contributed by atoms with Crippen molar-refractivity contribution in [3.63, 3.8) is 0 Å². The van der Waals surface area contributed by atoms with E-state index < -0.39 is 5.41 Å². The van der Waals surface area contributed by atoms with E-state index in [0.29, 0.717) is 0 Å². The maximum atomic E-state index is 2.42. The fourth-order valence-electron chi connectivity index (χ4n) is 8.78. The van der Waals surface area contributed by atoms with Gasteiger partial charge in [-0.3, -0.25) is 0 Å². The van der Waals surface area contributed by atoms with Crippen LogP contribution in [0, 0.1) is 0 Å². The van der Waals surface area contributed by atoms with Crippen LogP contribution in [0.4, 0.5) is 17.1 Å². The molecule has 0 fully saturated rings. The summed E-state index contributed by atoms with van der Waals surface area (Å²) in [6.45, 7) is 0. The van der Waals surface area contributed by atoms with Crippen molar-refractivity contribution < 1.29 is 0 Å². The summed E-state index contributed by atoms with van der Waals surface area (Å²) in [4.78, 5) is 2.42. The van der Waals surface area contributed by atoms with Gasteiger partial charge in [0.1, 0.15) is 0 Å². The molecule has 1 heteroatoms. The minimum absolute atomic E-state index is 0.494. The van der Waals surface area contributed by atoms with Crippen molar-refractivity contribution in [3.8, 4) is 33.4 Å². The first kappa shape index (κ1) is 31.7. The number of hydrogen-bond donors (Lipinski definition) is 0. The highest BCUT2D eigenvalue weighted by Crippen LogP contribution is 2.58. The Bertz CT molecular complexity index is 2600. The van der Waals surface area contributed by atoms with Crippen LogP contribution >= 0.6 is 0 Å². The third kappa shape index (κ3) is 5.09. The van der Waals surface area contributed by atoms with E-state index in [1.54, 1.807) is 0 Å². The van der Waals surface area contributed by atoms with Crippen molar-refractivity contribution in [2.24, 2.45) is 0 Å². The molecular formula is C53H37N. The van der Waals surface area contributed by atoms with Gasteiger partial charge in [0.2, 0.25) is 0 Å². The van der Waals surface area contributed by atoms with Crippen LogP contribution in [-0.4, -0.2) is 0 Å². The second-order valence-corrected chi connectivity index (χ2v) is 14.0. The van der Waals surface area contributed by atoms with Gasteiger partial charge < -0.3 is 4.90 Å². The predicted octanol–water partition coefficient (Wildman–Crippen LogP) is 14.0. The van der Waals surface area contributed by atoms with Crippen molar-refractivity contribution in [1.82, 2.24) is 0 Å². The van der Waals surface area contributed by atoms with E-state index in [1.165, 1.54) is 66.4 Å². The van der Waals surface area contributed by atoms with Gasteiger partial charge in [-0.1, -0.05) is 194 Å². The van der Waals surface area contributed by atoms with Gasteiger partial charge in [-0.05, 0) is 91.4 Å². The summed E-state index contributed by atoms with van der Waals surface area (Å²) < 4.78 is 0. The minimum Gasteiger partial charge on any atom is -0.310 e. The van der Waals surface area contributed by atoms with Gasteiger partial charge in [0, 0.05) is 16.8 Å². The lowest BCUT2D eigenvalue weighted by atomic mass is 9.66. The van der Waals surface area contributed by atoms with Crippen LogP contribution in [0.1, 0.15) is 22.3 Å². The quantitative estimate of drug-likeness (QED) is 0.161. The van der Waals surface area contributed by atoms with Gasteiger partial charge in [-0.2, -0.15) is 0 Å². The lowest BCUT2D eigenvalue weighted by Crippen LogP contribution is -2.28. The minimum atomic E-state index is -0.494. The van der Waals surface area contributed by atoms with E-state index in [1.807, 2.05) is 0 Å².